The van der Waals surface area contributed by atoms with Crippen LogP contribution in [0.4, 0.5) is 0 Å². The Balaban J connectivity index is 0.913. The van der Waals surface area contributed by atoms with Gasteiger partial charge in [0.1, 0.15) is 23.2 Å². The molecule has 0 radical (unpaired) electrons. The molecule has 0 amide bonds. The topological polar surface area (TPSA) is 54.8 Å². The molecule has 1 aliphatic rings. The van der Waals surface area contributed by atoms with Gasteiger partial charge >= 0.3 is 0 Å². The molecule has 264 valence electrons. The molecule has 1 atom stereocenters. The van der Waals surface area contributed by atoms with E-state index in [1.54, 1.807) is 0 Å². The lowest BCUT2D eigenvalue weighted by Gasteiger charge is -2.23. The molecule has 0 saturated heterocycles. The highest BCUT2D eigenvalue weighted by atomic mass is 16.3. The Hall–Kier alpha value is -7.50. The zero-order chi connectivity index (χ0) is 37.0. The average Bonchev–Trinajstić information content (AvgIpc) is 3.82. The van der Waals surface area contributed by atoms with Crippen molar-refractivity contribution in [3.8, 4) is 27.9 Å². The maximum atomic E-state index is 6.46. The summed E-state index contributed by atoms with van der Waals surface area (Å²) in [4.78, 5) is 9.98. The molecule has 0 bridgehead atoms. The SMILES string of the molecule is c1ccc(C2=NC(c3ccccc3)NC(c3ccc4c(c3)oc3ccc(-c5ccc(-c6ccc7c(c6)c6ccccc6n7-c6ccccc6)cc5)cc34)=N2)cc1. The van der Waals surface area contributed by atoms with Crippen LogP contribution in [0.3, 0.4) is 0 Å². The number of nitrogens with one attached hydrogen (secondary N) is 1. The van der Waals surface area contributed by atoms with Crippen molar-refractivity contribution >= 4 is 55.4 Å². The molecular weight excluding hydrogens is 685 g/mol. The normalized spacial score (nSPS) is 14.2. The van der Waals surface area contributed by atoms with E-state index in [1.807, 2.05) is 48.5 Å². The van der Waals surface area contributed by atoms with Crippen LogP contribution in [-0.4, -0.2) is 16.2 Å². The van der Waals surface area contributed by atoms with Crippen molar-refractivity contribution in [1.82, 2.24) is 9.88 Å². The standard InChI is InChI=1S/C51H34N4O/c1-4-12-35(13-5-1)49-52-50(36-14-6-2-7-15-36)54-51(53-49)39-24-27-42-44-31-38(26-29-47(44)56-48(42)32-39)34-22-20-33(21-23-34)37-25-28-46-43(30-37)41-18-10-11-19-45(41)55(46)40-16-8-3-9-17-40/h1-32,49H,(H,52,53,54). The summed E-state index contributed by atoms with van der Waals surface area (Å²) in [5.74, 6) is 1.46. The molecule has 1 aliphatic heterocycles. The molecular formula is C51H34N4O. The second-order valence-corrected chi connectivity index (χ2v) is 14.3. The van der Waals surface area contributed by atoms with E-state index >= 15 is 0 Å². The van der Waals surface area contributed by atoms with Gasteiger partial charge in [-0.15, -0.1) is 0 Å². The molecule has 0 fully saturated rings. The molecule has 2 aromatic heterocycles. The zero-order valence-electron chi connectivity index (χ0n) is 30.3. The summed E-state index contributed by atoms with van der Waals surface area (Å²) >= 11 is 0. The Labute approximate surface area is 323 Å². The molecule has 0 saturated carbocycles. The minimum absolute atomic E-state index is 0.261. The van der Waals surface area contributed by atoms with Gasteiger partial charge in [-0.2, -0.15) is 0 Å². The monoisotopic (exact) mass is 718 g/mol. The van der Waals surface area contributed by atoms with Crippen LogP contribution in [0.2, 0.25) is 0 Å². The minimum atomic E-state index is -0.261. The predicted octanol–water partition coefficient (Wildman–Crippen LogP) is 12.5. The molecule has 3 heterocycles. The summed E-state index contributed by atoms with van der Waals surface area (Å²) < 4.78 is 8.81. The van der Waals surface area contributed by atoms with Crippen LogP contribution >= 0.6 is 0 Å². The van der Waals surface area contributed by atoms with Gasteiger partial charge in [-0.3, -0.25) is 0 Å². The van der Waals surface area contributed by atoms with Gasteiger partial charge < -0.3 is 14.3 Å². The number of aliphatic imine (C=N–C) groups is 2. The van der Waals surface area contributed by atoms with Crippen LogP contribution in [0.1, 0.15) is 22.9 Å². The van der Waals surface area contributed by atoms with E-state index in [9.17, 15) is 0 Å². The Morgan fingerprint density at radius 3 is 1.80 bits per heavy atom. The highest BCUT2D eigenvalue weighted by molar-refractivity contribution is 6.15. The van der Waals surface area contributed by atoms with E-state index in [-0.39, 0.29) is 6.17 Å². The van der Waals surface area contributed by atoms with Crippen LogP contribution < -0.4 is 5.32 Å². The van der Waals surface area contributed by atoms with Gasteiger partial charge in [0.2, 0.25) is 0 Å². The van der Waals surface area contributed by atoms with E-state index in [0.29, 0.717) is 5.84 Å². The fourth-order valence-electron chi connectivity index (χ4n) is 8.09. The number of furan rings is 1. The van der Waals surface area contributed by atoms with Crippen molar-refractivity contribution in [3.05, 3.63) is 211 Å². The fraction of sp³-hybridized carbons (Fsp3) is 0.0196. The van der Waals surface area contributed by atoms with Crippen molar-refractivity contribution in [2.24, 2.45) is 9.98 Å². The van der Waals surface area contributed by atoms with E-state index in [0.717, 1.165) is 55.6 Å². The van der Waals surface area contributed by atoms with Gasteiger partial charge in [0.05, 0.1) is 11.0 Å². The number of rotatable bonds is 6. The molecule has 10 aromatic rings. The quantitative estimate of drug-likeness (QED) is 0.186. The lowest BCUT2D eigenvalue weighted by atomic mass is 9.98. The third-order valence-electron chi connectivity index (χ3n) is 10.9. The van der Waals surface area contributed by atoms with Crippen LogP contribution in [0.5, 0.6) is 0 Å². The highest BCUT2D eigenvalue weighted by Crippen LogP contribution is 2.37. The third kappa shape index (κ3) is 5.48. The van der Waals surface area contributed by atoms with E-state index in [4.69, 9.17) is 14.4 Å². The third-order valence-corrected chi connectivity index (χ3v) is 10.9. The highest BCUT2D eigenvalue weighted by Gasteiger charge is 2.22. The number of fused-ring (bicyclic) bond motifs is 6. The summed E-state index contributed by atoms with van der Waals surface area (Å²) in [6.07, 6.45) is -0.261. The predicted molar refractivity (Wildman–Crippen MR) is 231 cm³/mol. The Morgan fingerprint density at radius 1 is 0.429 bits per heavy atom. The fourth-order valence-corrected chi connectivity index (χ4v) is 8.09. The Morgan fingerprint density at radius 2 is 1.04 bits per heavy atom. The first-order chi connectivity index (χ1) is 27.7. The molecule has 0 aliphatic carbocycles. The minimum Gasteiger partial charge on any atom is -0.456 e. The van der Waals surface area contributed by atoms with Gasteiger partial charge in [-0.25, -0.2) is 9.98 Å². The smallest absolute Gasteiger partial charge is 0.159 e. The van der Waals surface area contributed by atoms with Gasteiger partial charge in [-0.1, -0.05) is 140 Å². The number of benzene rings is 8. The van der Waals surface area contributed by atoms with Gasteiger partial charge in [0, 0.05) is 38.4 Å². The second kappa shape index (κ2) is 13.1. The van der Waals surface area contributed by atoms with Gasteiger partial charge in [0.15, 0.2) is 5.84 Å². The molecule has 11 rings (SSSR count). The maximum absolute atomic E-state index is 6.46. The molecule has 8 aromatic carbocycles. The van der Waals surface area contributed by atoms with Crippen LogP contribution in [0.15, 0.2) is 209 Å². The molecule has 5 nitrogen and oxygen atoms in total. The van der Waals surface area contributed by atoms with Gasteiger partial charge in [-0.05, 0) is 82.4 Å². The molecule has 56 heavy (non-hydrogen) atoms. The second-order valence-electron chi connectivity index (χ2n) is 14.3. The van der Waals surface area contributed by atoms with Crippen molar-refractivity contribution in [3.63, 3.8) is 0 Å². The number of hydrogen-bond donors (Lipinski definition) is 1. The molecule has 1 unspecified atom stereocenters. The summed E-state index contributed by atoms with van der Waals surface area (Å²) in [5.41, 5.74) is 12.9. The van der Waals surface area contributed by atoms with Crippen molar-refractivity contribution in [1.29, 1.82) is 0 Å². The first-order valence-corrected chi connectivity index (χ1v) is 18.9. The molecule has 1 N–H and O–H groups in total. The molecule has 5 heteroatoms. The number of hydrogen-bond acceptors (Lipinski definition) is 4. The molecule has 0 spiro atoms. The van der Waals surface area contributed by atoms with Crippen LogP contribution in [-0.2, 0) is 0 Å². The lowest BCUT2D eigenvalue weighted by molar-refractivity contribution is 0.666. The summed E-state index contributed by atoms with van der Waals surface area (Å²) in [7, 11) is 0. The van der Waals surface area contributed by atoms with E-state index in [1.165, 1.54) is 38.6 Å². The average molecular weight is 719 g/mol. The summed E-state index contributed by atoms with van der Waals surface area (Å²) in [6, 6.07) is 68.2. The first kappa shape index (κ1) is 32.0. The number of para-hydroxylation sites is 2. The summed E-state index contributed by atoms with van der Waals surface area (Å²) in [6.45, 7) is 0. The largest absolute Gasteiger partial charge is 0.456 e. The lowest BCUT2D eigenvalue weighted by Crippen LogP contribution is -2.33. The number of aromatic nitrogens is 1. The van der Waals surface area contributed by atoms with E-state index in [2.05, 4.69) is 155 Å². The van der Waals surface area contributed by atoms with Gasteiger partial charge in [0.25, 0.3) is 0 Å². The number of amidine groups is 2. The Bertz CT molecular complexity index is 3140. The first-order valence-electron chi connectivity index (χ1n) is 18.9. The van der Waals surface area contributed by atoms with Crippen molar-refractivity contribution in [2.75, 3.05) is 0 Å². The van der Waals surface area contributed by atoms with Crippen LogP contribution in [0, 0.1) is 0 Å². The van der Waals surface area contributed by atoms with Crippen molar-refractivity contribution < 1.29 is 4.42 Å². The Kier molecular flexibility index (Phi) is 7.49. The zero-order valence-corrected chi connectivity index (χ0v) is 30.3. The maximum Gasteiger partial charge on any atom is 0.159 e. The van der Waals surface area contributed by atoms with Crippen LogP contribution in [0.25, 0.3) is 71.7 Å². The van der Waals surface area contributed by atoms with Crippen molar-refractivity contribution in [2.45, 2.75) is 6.17 Å². The van der Waals surface area contributed by atoms with E-state index < -0.39 is 0 Å². The summed E-state index contributed by atoms with van der Waals surface area (Å²) in [5, 5.41) is 8.23. The number of nitrogens with zero attached hydrogens (tertiary/aromatic N) is 3.